The number of rotatable bonds is 0. The first kappa shape index (κ1) is 6.54. The van der Waals surface area contributed by atoms with Gasteiger partial charge in [-0.25, -0.2) is 9.97 Å². The second kappa shape index (κ2) is 2.26. The highest BCUT2D eigenvalue weighted by Crippen LogP contribution is 2.13. The molecule has 4 heteroatoms. The first-order valence-electron chi connectivity index (χ1n) is 3.89. The fourth-order valence-electron chi connectivity index (χ4n) is 1.26. The van der Waals surface area contributed by atoms with Crippen molar-refractivity contribution in [3.05, 3.63) is 30.7 Å². The van der Waals surface area contributed by atoms with Crippen LogP contribution in [0.5, 0.6) is 0 Å². The molecule has 0 spiro atoms. The quantitative estimate of drug-likeness (QED) is 0.517. The summed E-state index contributed by atoms with van der Waals surface area (Å²) in [5.74, 6) is 0. The predicted molar refractivity (Wildman–Crippen MR) is 47.1 cm³/mol. The number of nitrogens with zero attached hydrogens (tertiary/aromatic N) is 3. The highest BCUT2D eigenvalue weighted by Gasteiger charge is 2.02. The van der Waals surface area contributed by atoms with Crippen molar-refractivity contribution < 1.29 is 4.42 Å². The first-order chi connectivity index (χ1) is 6.43. The van der Waals surface area contributed by atoms with Crippen LogP contribution in [0.1, 0.15) is 0 Å². The largest absolute Gasteiger partial charge is 0.424 e. The average Bonchev–Trinajstić information content (AvgIpc) is 2.61. The van der Waals surface area contributed by atoms with Gasteiger partial charge in [0.25, 0.3) is 5.71 Å². The smallest absolute Gasteiger partial charge is 0.266 e. The van der Waals surface area contributed by atoms with Crippen molar-refractivity contribution in [1.29, 1.82) is 0 Å². The molecule has 0 unspecified atom stereocenters. The van der Waals surface area contributed by atoms with Gasteiger partial charge in [0, 0.05) is 0 Å². The van der Waals surface area contributed by atoms with Crippen LogP contribution in [0.25, 0.3) is 22.4 Å². The number of fused-ring (bicyclic) bond motifs is 2. The van der Waals surface area contributed by atoms with Crippen molar-refractivity contribution in [3.63, 3.8) is 0 Å². The van der Waals surface area contributed by atoms with Gasteiger partial charge in [-0.1, -0.05) is 12.1 Å². The summed E-state index contributed by atoms with van der Waals surface area (Å²) >= 11 is 0. The van der Waals surface area contributed by atoms with Gasteiger partial charge >= 0.3 is 0 Å². The molecule has 13 heavy (non-hydrogen) atoms. The Morgan fingerprint density at radius 3 is 2.62 bits per heavy atom. The Labute approximate surface area is 73.2 Å². The van der Waals surface area contributed by atoms with Crippen LogP contribution in [0, 0.1) is 0 Å². The molecule has 0 aliphatic rings. The molecule has 1 aromatic carbocycles. The van der Waals surface area contributed by atoms with Crippen LogP contribution < -0.4 is 0 Å². The third kappa shape index (κ3) is 0.885. The van der Waals surface area contributed by atoms with E-state index in [1.165, 1.54) is 6.39 Å². The lowest BCUT2D eigenvalue weighted by Gasteiger charge is -1.92. The van der Waals surface area contributed by atoms with Crippen molar-refractivity contribution in [2.24, 2.45) is 0 Å². The molecule has 3 rings (SSSR count). The topological polar surface area (TPSA) is 51.8 Å². The van der Waals surface area contributed by atoms with E-state index in [0.29, 0.717) is 11.4 Å². The maximum absolute atomic E-state index is 5.04. The molecule has 0 saturated carbocycles. The fourth-order valence-corrected chi connectivity index (χ4v) is 1.26. The third-order valence-corrected chi connectivity index (χ3v) is 1.86. The van der Waals surface area contributed by atoms with Crippen LogP contribution in [0.2, 0.25) is 0 Å². The van der Waals surface area contributed by atoms with Gasteiger partial charge in [-0.2, -0.15) is 4.98 Å². The Morgan fingerprint density at radius 2 is 1.77 bits per heavy atom. The molecular formula is C9H5N3O. The zero-order chi connectivity index (χ0) is 8.67. The minimum Gasteiger partial charge on any atom is -0.424 e. The normalized spacial score (nSPS) is 11.1. The Bertz CT molecular complexity index is 523. The van der Waals surface area contributed by atoms with E-state index in [9.17, 15) is 0 Å². The molecule has 62 valence electrons. The van der Waals surface area contributed by atoms with Gasteiger partial charge in [0.1, 0.15) is 0 Å². The van der Waals surface area contributed by atoms with Crippen LogP contribution in [0.15, 0.2) is 35.1 Å². The molecule has 0 fully saturated rings. The summed E-state index contributed by atoms with van der Waals surface area (Å²) in [6, 6.07) is 7.63. The van der Waals surface area contributed by atoms with Gasteiger partial charge in [-0.15, -0.1) is 0 Å². The third-order valence-electron chi connectivity index (χ3n) is 1.86. The number of hydrogen-bond acceptors (Lipinski definition) is 4. The lowest BCUT2D eigenvalue weighted by atomic mass is 10.3. The molecule has 0 bridgehead atoms. The van der Waals surface area contributed by atoms with Gasteiger partial charge in [0.15, 0.2) is 6.39 Å². The SMILES string of the molecule is c1ccc2nc3ocnc3nc2c1. The second-order valence-corrected chi connectivity index (χ2v) is 2.69. The molecular weight excluding hydrogens is 166 g/mol. The zero-order valence-electron chi connectivity index (χ0n) is 6.64. The molecule has 0 aliphatic heterocycles. The maximum Gasteiger partial charge on any atom is 0.266 e. The van der Waals surface area contributed by atoms with Gasteiger partial charge in [-0.05, 0) is 12.1 Å². The van der Waals surface area contributed by atoms with E-state index in [-0.39, 0.29) is 0 Å². The predicted octanol–water partition coefficient (Wildman–Crippen LogP) is 1.77. The summed E-state index contributed by atoms with van der Waals surface area (Å²) in [4.78, 5) is 12.4. The Kier molecular flexibility index (Phi) is 1.14. The molecule has 3 aromatic rings. The summed E-state index contributed by atoms with van der Waals surface area (Å²) in [5.41, 5.74) is 2.70. The van der Waals surface area contributed by atoms with Crippen LogP contribution in [-0.4, -0.2) is 15.0 Å². The van der Waals surface area contributed by atoms with E-state index in [1.807, 2.05) is 24.3 Å². The fraction of sp³-hybridized carbons (Fsp3) is 0. The van der Waals surface area contributed by atoms with E-state index >= 15 is 0 Å². The Balaban J connectivity index is 2.57. The van der Waals surface area contributed by atoms with Gasteiger partial charge < -0.3 is 4.42 Å². The molecule has 0 amide bonds. The monoisotopic (exact) mass is 171 g/mol. The standard InChI is InChI=1S/C9H5N3O/c1-2-4-7-6(3-1)11-8-9(12-7)13-5-10-8/h1-5H. The summed E-state index contributed by atoms with van der Waals surface area (Å²) in [6.45, 7) is 0. The molecule has 2 heterocycles. The summed E-state index contributed by atoms with van der Waals surface area (Å²) in [5, 5.41) is 0. The van der Waals surface area contributed by atoms with Gasteiger partial charge in [0.05, 0.1) is 11.0 Å². The van der Waals surface area contributed by atoms with Crippen LogP contribution in [0.4, 0.5) is 0 Å². The molecule has 0 radical (unpaired) electrons. The van der Waals surface area contributed by atoms with E-state index in [2.05, 4.69) is 15.0 Å². The van der Waals surface area contributed by atoms with Crippen molar-refractivity contribution in [2.75, 3.05) is 0 Å². The summed E-state index contributed by atoms with van der Waals surface area (Å²) in [7, 11) is 0. The summed E-state index contributed by atoms with van der Waals surface area (Å²) in [6.07, 6.45) is 1.35. The maximum atomic E-state index is 5.04. The number of para-hydroxylation sites is 2. The minimum atomic E-state index is 0.485. The second-order valence-electron chi connectivity index (χ2n) is 2.69. The highest BCUT2D eigenvalue weighted by atomic mass is 16.3. The van der Waals surface area contributed by atoms with Gasteiger partial charge in [-0.3, -0.25) is 0 Å². The molecule has 0 N–H and O–H groups in total. The van der Waals surface area contributed by atoms with Crippen LogP contribution in [-0.2, 0) is 0 Å². The highest BCUT2D eigenvalue weighted by molar-refractivity contribution is 5.81. The summed E-state index contributed by atoms with van der Waals surface area (Å²) < 4.78 is 5.04. The minimum absolute atomic E-state index is 0.485. The van der Waals surface area contributed by atoms with Crippen molar-refractivity contribution in [3.8, 4) is 0 Å². The lowest BCUT2D eigenvalue weighted by molar-refractivity contribution is 0.592. The number of hydrogen-bond donors (Lipinski definition) is 0. The van der Waals surface area contributed by atoms with Crippen molar-refractivity contribution >= 4 is 22.4 Å². The molecule has 0 saturated heterocycles. The van der Waals surface area contributed by atoms with E-state index in [1.54, 1.807) is 0 Å². The number of benzene rings is 1. The lowest BCUT2D eigenvalue weighted by Crippen LogP contribution is -1.83. The zero-order valence-corrected chi connectivity index (χ0v) is 6.64. The molecule has 4 nitrogen and oxygen atoms in total. The van der Waals surface area contributed by atoms with Gasteiger partial charge in [0.2, 0.25) is 5.65 Å². The molecule has 2 aromatic heterocycles. The Morgan fingerprint density at radius 1 is 1.00 bits per heavy atom. The van der Waals surface area contributed by atoms with Crippen molar-refractivity contribution in [2.45, 2.75) is 0 Å². The number of aromatic nitrogens is 3. The van der Waals surface area contributed by atoms with E-state index in [0.717, 1.165) is 11.0 Å². The van der Waals surface area contributed by atoms with Crippen LogP contribution in [0.3, 0.4) is 0 Å². The molecule has 0 atom stereocenters. The first-order valence-corrected chi connectivity index (χ1v) is 3.89. The average molecular weight is 171 g/mol. The van der Waals surface area contributed by atoms with E-state index in [4.69, 9.17) is 4.42 Å². The number of oxazole rings is 1. The Hall–Kier alpha value is -1.97. The van der Waals surface area contributed by atoms with Crippen molar-refractivity contribution in [1.82, 2.24) is 15.0 Å². The van der Waals surface area contributed by atoms with E-state index < -0.39 is 0 Å². The van der Waals surface area contributed by atoms with Crippen LogP contribution >= 0.6 is 0 Å². The molecule has 0 aliphatic carbocycles.